The number of anilines is 1. The van der Waals surface area contributed by atoms with E-state index in [9.17, 15) is 8.42 Å². The minimum absolute atomic E-state index is 0.0871. The van der Waals surface area contributed by atoms with Crippen molar-refractivity contribution in [2.75, 3.05) is 17.0 Å². The van der Waals surface area contributed by atoms with E-state index in [0.29, 0.717) is 11.4 Å². The van der Waals surface area contributed by atoms with E-state index in [0.717, 1.165) is 11.3 Å². The van der Waals surface area contributed by atoms with E-state index in [1.807, 2.05) is 31.2 Å². The fourth-order valence-corrected chi connectivity index (χ4v) is 2.68. The first kappa shape index (κ1) is 15.3. The first-order chi connectivity index (χ1) is 10.00. The number of nitrogens with two attached hydrogens (primary N) is 1. The molecular weight excluding hydrogens is 288 g/mol. The Morgan fingerprint density at radius 1 is 1.10 bits per heavy atom. The maximum atomic E-state index is 11.6. The van der Waals surface area contributed by atoms with Crippen molar-refractivity contribution in [3.63, 3.8) is 0 Å². The predicted molar refractivity (Wildman–Crippen MR) is 84.2 cm³/mol. The van der Waals surface area contributed by atoms with Crippen LogP contribution in [0.3, 0.4) is 0 Å². The number of nitrogens with one attached hydrogen (secondary N) is 1. The highest BCUT2D eigenvalue weighted by Gasteiger charge is 2.09. The molecule has 0 atom stereocenters. The first-order valence-electron chi connectivity index (χ1n) is 6.54. The van der Waals surface area contributed by atoms with E-state index in [1.54, 1.807) is 24.3 Å². The van der Waals surface area contributed by atoms with Crippen LogP contribution in [-0.2, 0) is 10.0 Å². The molecule has 0 aromatic heterocycles. The molecule has 0 aliphatic rings. The van der Waals surface area contributed by atoms with Gasteiger partial charge in [0.25, 0.3) is 0 Å². The van der Waals surface area contributed by atoms with Crippen LogP contribution >= 0.6 is 0 Å². The Kier molecular flexibility index (Phi) is 4.82. The van der Waals surface area contributed by atoms with Gasteiger partial charge in [-0.05, 0) is 42.8 Å². The van der Waals surface area contributed by atoms with Crippen LogP contribution in [0.1, 0.15) is 5.56 Å². The van der Waals surface area contributed by atoms with Crippen LogP contribution in [0.25, 0.3) is 0 Å². The third kappa shape index (κ3) is 4.47. The lowest BCUT2D eigenvalue weighted by Crippen LogP contribution is -2.22. The third-order valence-corrected chi connectivity index (χ3v) is 4.16. The highest BCUT2D eigenvalue weighted by Crippen LogP contribution is 2.25. The molecule has 2 rings (SSSR count). The van der Waals surface area contributed by atoms with Crippen molar-refractivity contribution in [1.82, 2.24) is 0 Å². The van der Waals surface area contributed by atoms with Crippen molar-refractivity contribution in [1.29, 1.82) is 0 Å². The third-order valence-electron chi connectivity index (χ3n) is 2.84. The number of ether oxygens (including phenoxy) is 1. The van der Waals surface area contributed by atoms with Crippen molar-refractivity contribution in [2.45, 2.75) is 6.92 Å². The number of hydrogen-bond donors (Lipinski definition) is 2. The molecule has 0 heterocycles. The molecule has 2 aromatic rings. The molecule has 0 spiro atoms. The molecule has 0 bridgehead atoms. The molecule has 3 N–H and O–H groups in total. The fourth-order valence-electron chi connectivity index (χ4n) is 1.77. The molecule has 0 radical (unpaired) electrons. The Hall–Kier alpha value is -2.05. The molecule has 0 unspecified atom stereocenters. The van der Waals surface area contributed by atoms with Gasteiger partial charge in [-0.3, -0.25) is 4.72 Å². The van der Waals surface area contributed by atoms with Crippen molar-refractivity contribution < 1.29 is 13.2 Å². The Morgan fingerprint density at radius 3 is 2.38 bits per heavy atom. The number of hydrogen-bond acceptors (Lipinski definition) is 4. The molecule has 0 saturated heterocycles. The zero-order valence-electron chi connectivity index (χ0n) is 11.7. The molecule has 0 aliphatic carbocycles. The molecule has 0 amide bonds. The Labute approximate surface area is 124 Å². The van der Waals surface area contributed by atoms with Gasteiger partial charge < -0.3 is 10.5 Å². The summed E-state index contributed by atoms with van der Waals surface area (Å²) < 4.78 is 31.4. The number of para-hydroxylation sites is 1. The van der Waals surface area contributed by atoms with Gasteiger partial charge in [-0.2, -0.15) is 0 Å². The van der Waals surface area contributed by atoms with Gasteiger partial charge in [0.2, 0.25) is 10.0 Å². The van der Waals surface area contributed by atoms with Gasteiger partial charge in [-0.25, -0.2) is 8.42 Å². The molecule has 2 aromatic carbocycles. The van der Waals surface area contributed by atoms with E-state index in [2.05, 4.69) is 4.72 Å². The summed E-state index contributed by atoms with van der Waals surface area (Å²) in [7, 11) is -3.38. The highest BCUT2D eigenvalue weighted by atomic mass is 32.2. The van der Waals surface area contributed by atoms with Crippen LogP contribution < -0.4 is 15.2 Å². The molecule has 6 heteroatoms. The van der Waals surface area contributed by atoms with Crippen LogP contribution in [0.15, 0.2) is 48.5 Å². The van der Waals surface area contributed by atoms with Gasteiger partial charge >= 0.3 is 0 Å². The predicted octanol–water partition coefficient (Wildman–Crippen LogP) is 2.49. The van der Waals surface area contributed by atoms with E-state index in [1.165, 1.54) is 0 Å². The minimum atomic E-state index is -3.38. The van der Waals surface area contributed by atoms with Gasteiger partial charge in [0.05, 0.1) is 5.75 Å². The number of aryl methyl sites for hydroxylation is 1. The van der Waals surface area contributed by atoms with Crippen LogP contribution in [0, 0.1) is 6.92 Å². The van der Waals surface area contributed by atoms with Crippen molar-refractivity contribution in [3.05, 3.63) is 54.1 Å². The fraction of sp³-hybridized carbons (Fsp3) is 0.200. The number of sulfonamides is 1. The van der Waals surface area contributed by atoms with Gasteiger partial charge in [0.1, 0.15) is 11.5 Å². The van der Waals surface area contributed by atoms with E-state index in [4.69, 9.17) is 10.5 Å². The second kappa shape index (κ2) is 6.60. The normalized spacial score (nSPS) is 11.1. The lowest BCUT2D eigenvalue weighted by molar-refractivity contribution is 0.479. The summed E-state index contributed by atoms with van der Waals surface area (Å²) in [5.74, 6) is 1.31. The maximum Gasteiger partial charge on any atom is 0.233 e. The molecule has 0 fully saturated rings. The molecule has 112 valence electrons. The topological polar surface area (TPSA) is 81.4 Å². The van der Waals surface area contributed by atoms with Gasteiger partial charge in [0, 0.05) is 12.2 Å². The standard InChI is InChI=1S/C15H18N2O3S/c1-12-4-2-3-5-15(12)20-14-8-6-13(7-9-14)17-21(18,19)11-10-16/h2-9,17H,10-11,16H2,1H3. The van der Waals surface area contributed by atoms with Crippen LogP contribution in [0.2, 0.25) is 0 Å². The lowest BCUT2D eigenvalue weighted by Gasteiger charge is -2.10. The van der Waals surface area contributed by atoms with Crippen LogP contribution in [0.4, 0.5) is 5.69 Å². The zero-order valence-corrected chi connectivity index (χ0v) is 12.6. The number of benzene rings is 2. The van der Waals surface area contributed by atoms with E-state index < -0.39 is 10.0 Å². The van der Waals surface area contributed by atoms with E-state index >= 15 is 0 Å². The van der Waals surface area contributed by atoms with Gasteiger partial charge in [0.15, 0.2) is 0 Å². The minimum Gasteiger partial charge on any atom is -0.457 e. The average Bonchev–Trinajstić information content (AvgIpc) is 2.43. The largest absolute Gasteiger partial charge is 0.457 e. The molecule has 5 nitrogen and oxygen atoms in total. The lowest BCUT2D eigenvalue weighted by atomic mass is 10.2. The second-order valence-electron chi connectivity index (χ2n) is 4.60. The smallest absolute Gasteiger partial charge is 0.233 e. The molecular formula is C15H18N2O3S. The van der Waals surface area contributed by atoms with Crippen molar-refractivity contribution in [3.8, 4) is 11.5 Å². The maximum absolute atomic E-state index is 11.6. The first-order valence-corrected chi connectivity index (χ1v) is 8.19. The van der Waals surface area contributed by atoms with E-state index in [-0.39, 0.29) is 12.3 Å². The summed E-state index contributed by atoms with van der Waals surface area (Å²) in [5, 5.41) is 0. The van der Waals surface area contributed by atoms with Crippen molar-refractivity contribution >= 4 is 15.7 Å². The van der Waals surface area contributed by atoms with Crippen LogP contribution in [-0.4, -0.2) is 20.7 Å². The summed E-state index contributed by atoms with van der Waals surface area (Å²) in [6, 6.07) is 14.4. The zero-order chi connectivity index (χ0) is 15.3. The highest BCUT2D eigenvalue weighted by molar-refractivity contribution is 7.92. The quantitative estimate of drug-likeness (QED) is 0.859. The second-order valence-corrected chi connectivity index (χ2v) is 6.44. The van der Waals surface area contributed by atoms with Crippen molar-refractivity contribution in [2.24, 2.45) is 5.73 Å². The van der Waals surface area contributed by atoms with Gasteiger partial charge in [-0.15, -0.1) is 0 Å². The summed E-state index contributed by atoms with van der Waals surface area (Å²) in [6.45, 7) is 2.05. The summed E-state index contributed by atoms with van der Waals surface area (Å²) in [5.41, 5.74) is 6.77. The monoisotopic (exact) mass is 306 g/mol. The Morgan fingerprint density at radius 2 is 1.76 bits per heavy atom. The SMILES string of the molecule is Cc1ccccc1Oc1ccc(NS(=O)(=O)CCN)cc1. The van der Waals surface area contributed by atoms with Gasteiger partial charge in [-0.1, -0.05) is 18.2 Å². The van der Waals surface area contributed by atoms with Crippen LogP contribution in [0.5, 0.6) is 11.5 Å². The summed E-state index contributed by atoms with van der Waals surface area (Å²) in [6.07, 6.45) is 0. The Balaban J connectivity index is 2.08. The molecule has 21 heavy (non-hydrogen) atoms. The molecule has 0 aliphatic heterocycles. The summed E-state index contributed by atoms with van der Waals surface area (Å²) >= 11 is 0. The molecule has 0 saturated carbocycles. The average molecular weight is 306 g/mol. The summed E-state index contributed by atoms with van der Waals surface area (Å²) in [4.78, 5) is 0. The number of rotatable bonds is 6. The Bertz CT molecular complexity index is 697.